The predicted molar refractivity (Wildman–Crippen MR) is 98.3 cm³/mol. The number of hydrogen-bond donors (Lipinski definition) is 0. The lowest BCUT2D eigenvalue weighted by Crippen LogP contribution is -2.09. The van der Waals surface area contributed by atoms with Crippen LogP contribution in [-0.2, 0) is 0 Å². The van der Waals surface area contributed by atoms with E-state index in [9.17, 15) is 4.79 Å². The molecular formula is C21H25NO. The summed E-state index contributed by atoms with van der Waals surface area (Å²) in [5.41, 5.74) is 8.24. The molecule has 0 amide bonds. The fourth-order valence-electron chi connectivity index (χ4n) is 3.15. The standard InChI is InChI=1S/C21H25NO/c1-13-10-16(4)20(17(5)11-13)19(23)12-18(6)22-21-14(2)8-7-9-15(21)3/h7-11H,12H2,1-6H3. The molecule has 120 valence electrons. The van der Waals surface area contributed by atoms with E-state index in [0.717, 1.165) is 39.2 Å². The topological polar surface area (TPSA) is 29.4 Å². The summed E-state index contributed by atoms with van der Waals surface area (Å²) in [5.74, 6) is 0.146. The first-order chi connectivity index (χ1) is 10.8. The van der Waals surface area contributed by atoms with Crippen LogP contribution in [0.15, 0.2) is 35.3 Å². The summed E-state index contributed by atoms with van der Waals surface area (Å²) in [4.78, 5) is 17.4. The van der Waals surface area contributed by atoms with Crippen molar-refractivity contribution in [1.82, 2.24) is 0 Å². The molecule has 0 aliphatic heterocycles. The molecule has 23 heavy (non-hydrogen) atoms. The maximum absolute atomic E-state index is 12.7. The molecule has 0 spiro atoms. The molecule has 0 aromatic heterocycles. The Balaban J connectivity index is 2.29. The molecule has 0 saturated carbocycles. The molecule has 0 aliphatic carbocycles. The molecule has 0 atom stereocenters. The summed E-state index contributed by atoms with van der Waals surface area (Å²) in [6.45, 7) is 12.1. The van der Waals surface area contributed by atoms with Crippen LogP contribution in [0.25, 0.3) is 0 Å². The molecule has 0 aliphatic rings. The van der Waals surface area contributed by atoms with Crippen molar-refractivity contribution < 1.29 is 4.79 Å². The monoisotopic (exact) mass is 307 g/mol. The van der Waals surface area contributed by atoms with Crippen LogP contribution in [0.5, 0.6) is 0 Å². The Hall–Kier alpha value is -2.22. The molecule has 0 heterocycles. The number of carbonyl (C=O) groups excluding carboxylic acids is 1. The van der Waals surface area contributed by atoms with Crippen LogP contribution in [-0.4, -0.2) is 11.5 Å². The van der Waals surface area contributed by atoms with Gasteiger partial charge in [0.2, 0.25) is 0 Å². The summed E-state index contributed by atoms with van der Waals surface area (Å²) < 4.78 is 0. The predicted octanol–water partition coefficient (Wildman–Crippen LogP) is 5.59. The maximum Gasteiger partial charge on any atom is 0.168 e. The summed E-state index contributed by atoms with van der Waals surface area (Å²) >= 11 is 0. The van der Waals surface area contributed by atoms with Gasteiger partial charge in [0.1, 0.15) is 0 Å². The minimum atomic E-state index is 0.146. The van der Waals surface area contributed by atoms with Gasteiger partial charge in [-0.15, -0.1) is 0 Å². The number of aliphatic imine (C=N–C) groups is 1. The van der Waals surface area contributed by atoms with Crippen LogP contribution in [0.4, 0.5) is 5.69 Å². The van der Waals surface area contributed by atoms with Gasteiger partial charge in [-0.25, -0.2) is 0 Å². The van der Waals surface area contributed by atoms with Crippen molar-refractivity contribution in [3.63, 3.8) is 0 Å². The summed E-state index contributed by atoms with van der Waals surface area (Å²) in [6.07, 6.45) is 0.360. The minimum Gasteiger partial charge on any atom is -0.294 e. The summed E-state index contributed by atoms with van der Waals surface area (Å²) in [5, 5.41) is 0. The maximum atomic E-state index is 12.7. The van der Waals surface area contributed by atoms with Gasteiger partial charge in [0, 0.05) is 17.7 Å². The third-order valence-corrected chi connectivity index (χ3v) is 4.11. The van der Waals surface area contributed by atoms with Crippen molar-refractivity contribution in [3.05, 3.63) is 63.7 Å². The van der Waals surface area contributed by atoms with Gasteiger partial charge < -0.3 is 0 Å². The molecule has 2 aromatic rings. The van der Waals surface area contributed by atoms with E-state index in [2.05, 4.69) is 45.0 Å². The zero-order valence-corrected chi connectivity index (χ0v) is 14.9. The molecular weight excluding hydrogens is 282 g/mol. The Morgan fingerprint density at radius 1 is 0.913 bits per heavy atom. The van der Waals surface area contributed by atoms with E-state index < -0.39 is 0 Å². The van der Waals surface area contributed by atoms with E-state index >= 15 is 0 Å². The van der Waals surface area contributed by atoms with Gasteiger partial charge in [-0.2, -0.15) is 0 Å². The Bertz CT molecular complexity index is 741. The zero-order valence-electron chi connectivity index (χ0n) is 14.9. The van der Waals surface area contributed by atoms with Gasteiger partial charge in [0.25, 0.3) is 0 Å². The van der Waals surface area contributed by atoms with Crippen molar-refractivity contribution in [1.29, 1.82) is 0 Å². The molecule has 2 rings (SSSR count). The van der Waals surface area contributed by atoms with Crippen LogP contribution in [0.1, 0.15) is 51.5 Å². The summed E-state index contributed by atoms with van der Waals surface area (Å²) in [7, 11) is 0. The molecule has 0 bridgehead atoms. The Morgan fingerprint density at radius 2 is 1.43 bits per heavy atom. The first-order valence-corrected chi connectivity index (χ1v) is 8.01. The first-order valence-electron chi connectivity index (χ1n) is 8.01. The molecule has 2 heteroatoms. The molecule has 2 aromatic carbocycles. The third-order valence-electron chi connectivity index (χ3n) is 4.11. The van der Waals surface area contributed by atoms with Crippen molar-refractivity contribution in [2.45, 2.75) is 48.0 Å². The number of Topliss-reactive ketones (excluding diaryl/α,β-unsaturated/α-hetero) is 1. The lowest BCUT2D eigenvalue weighted by Gasteiger charge is -2.11. The number of para-hydroxylation sites is 1. The lowest BCUT2D eigenvalue weighted by molar-refractivity contribution is 0.0999. The number of ketones is 1. The van der Waals surface area contributed by atoms with Crippen molar-refractivity contribution in [3.8, 4) is 0 Å². The van der Waals surface area contributed by atoms with E-state index in [1.54, 1.807) is 0 Å². The molecule has 0 saturated heterocycles. The smallest absolute Gasteiger partial charge is 0.168 e. The highest BCUT2D eigenvalue weighted by Crippen LogP contribution is 2.24. The number of aryl methyl sites for hydroxylation is 5. The number of carbonyl (C=O) groups is 1. The van der Waals surface area contributed by atoms with Gasteiger partial charge >= 0.3 is 0 Å². The fraction of sp³-hybridized carbons (Fsp3) is 0.333. The number of rotatable bonds is 4. The zero-order chi connectivity index (χ0) is 17.1. The normalized spacial score (nSPS) is 11.7. The van der Waals surface area contributed by atoms with E-state index in [1.165, 1.54) is 5.56 Å². The van der Waals surface area contributed by atoms with Gasteiger partial charge in [-0.05, 0) is 63.8 Å². The second-order valence-electron chi connectivity index (χ2n) is 6.46. The second kappa shape index (κ2) is 6.91. The highest BCUT2D eigenvalue weighted by molar-refractivity contribution is 6.11. The van der Waals surface area contributed by atoms with Crippen LogP contribution in [0.3, 0.4) is 0 Å². The van der Waals surface area contributed by atoms with Gasteiger partial charge in [0.15, 0.2) is 5.78 Å². The number of nitrogens with zero attached hydrogens (tertiary/aromatic N) is 1. The van der Waals surface area contributed by atoms with Gasteiger partial charge in [0.05, 0.1) is 5.69 Å². The van der Waals surface area contributed by atoms with Crippen LogP contribution >= 0.6 is 0 Å². The van der Waals surface area contributed by atoms with E-state index in [-0.39, 0.29) is 5.78 Å². The summed E-state index contributed by atoms with van der Waals surface area (Å²) in [6, 6.07) is 10.3. The SMILES string of the molecule is CC(CC(=O)c1c(C)cc(C)cc1C)=Nc1c(C)cccc1C. The minimum absolute atomic E-state index is 0.146. The first kappa shape index (κ1) is 17.1. The molecule has 0 fully saturated rings. The highest BCUT2D eigenvalue weighted by Gasteiger charge is 2.14. The fourth-order valence-corrected chi connectivity index (χ4v) is 3.15. The second-order valence-corrected chi connectivity index (χ2v) is 6.46. The van der Waals surface area contributed by atoms with Crippen molar-refractivity contribution >= 4 is 17.2 Å². The number of hydrogen-bond acceptors (Lipinski definition) is 2. The van der Waals surface area contributed by atoms with E-state index in [1.807, 2.05) is 26.8 Å². The Morgan fingerprint density at radius 3 is 1.96 bits per heavy atom. The average Bonchev–Trinajstić information content (AvgIpc) is 2.41. The molecule has 0 radical (unpaired) electrons. The average molecular weight is 307 g/mol. The van der Waals surface area contributed by atoms with E-state index in [4.69, 9.17) is 4.99 Å². The van der Waals surface area contributed by atoms with Crippen LogP contribution in [0, 0.1) is 34.6 Å². The quantitative estimate of drug-likeness (QED) is 0.534. The Labute approximate surface area is 139 Å². The van der Waals surface area contributed by atoms with Crippen LogP contribution < -0.4 is 0 Å². The van der Waals surface area contributed by atoms with Crippen molar-refractivity contribution in [2.75, 3.05) is 0 Å². The Kier molecular flexibility index (Phi) is 5.15. The molecule has 0 unspecified atom stereocenters. The van der Waals surface area contributed by atoms with Gasteiger partial charge in [-0.3, -0.25) is 9.79 Å². The lowest BCUT2D eigenvalue weighted by atomic mass is 9.94. The van der Waals surface area contributed by atoms with Crippen molar-refractivity contribution in [2.24, 2.45) is 4.99 Å². The van der Waals surface area contributed by atoms with Crippen LogP contribution in [0.2, 0.25) is 0 Å². The largest absolute Gasteiger partial charge is 0.294 e. The number of benzene rings is 2. The van der Waals surface area contributed by atoms with Gasteiger partial charge in [-0.1, -0.05) is 35.9 Å². The molecule has 0 N–H and O–H groups in total. The van der Waals surface area contributed by atoms with E-state index in [0.29, 0.717) is 6.42 Å². The molecule has 2 nitrogen and oxygen atoms in total. The third kappa shape index (κ3) is 3.95. The highest BCUT2D eigenvalue weighted by atomic mass is 16.1.